The number of methoxy groups -OCH3 is 1. The Morgan fingerprint density at radius 1 is 1.28 bits per heavy atom. The van der Waals surface area contributed by atoms with Gasteiger partial charge < -0.3 is 14.6 Å². The van der Waals surface area contributed by atoms with Crippen LogP contribution in [0.2, 0.25) is 0 Å². The molecule has 0 fully saturated rings. The maximum Gasteiger partial charge on any atom is 0.335 e. The molecule has 0 unspecified atom stereocenters. The van der Waals surface area contributed by atoms with Crippen molar-refractivity contribution in [2.24, 2.45) is 5.10 Å². The van der Waals surface area contributed by atoms with Crippen molar-refractivity contribution in [2.45, 2.75) is 6.92 Å². The number of hydrogen-bond donors (Lipinski definition) is 1. The van der Waals surface area contributed by atoms with E-state index in [9.17, 15) is 9.59 Å². The van der Waals surface area contributed by atoms with Gasteiger partial charge in [0, 0.05) is 0 Å². The first-order valence-corrected chi connectivity index (χ1v) is 8.64. The zero-order chi connectivity index (χ0) is 21.0. The van der Waals surface area contributed by atoms with Crippen LogP contribution in [0.15, 0.2) is 53.1 Å². The molecule has 0 bridgehead atoms. The summed E-state index contributed by atoms with van der Waals surface area (Å²) in [6, 6.07) is 11.3. The average molecular weight is 390 g/mol. The number of terminal acetylenes is 1. The molecule has 0 aliphatic carbocycles. The van der Waals surface area contributed by atoms with Crippen LogP contribution in [-0.2, 0) is 4.79 Å². The minimum atomic E-state index is -1.07. The van der Waals surface area contributed by atoms with E-state index in [0.717, 1.165) is 0 Å². The van der Waals surface area contributed by atoms with Gasteiger partial charge in [-0.1, -0.05) is 18.1 Å². The van der Waals surface area contributed by atoms with E-state index in [2.05, 4.69) is 11.0 Å². The van der Waals surface area contributed by atoms with E-state index in [4.69, 9.17) is 21.0 Å². The number of amides is 1. The molecular weight excluding hydrogens is 372 g/mol. The molecule has 1 N–H and O–H groups in total. The average Bonchev–Trinajstić information content (AvgIpc) is 3.01. The quantitative estimate of drug-likeness (QED) is 0.604. The molecule has 1 aliphatic rings. The van der Waals surface area contributed by atoms with Gasteiger partial charge in [0.2, 0.25) is 0 Å². The van der Waals surface area contributed by atoms with E-state index in [0.29, 0.717) is 34.0 Å². The van der Waals surface area contributed by atoms with Crippen molar-refractivity contribution in [3.63, 3.8) is 0 Å². The van der Waals surface area contributed by atoms with Crippen molar-refractivity contribution in [2.75, 3.05) is 18.7 Å². The molecular formula is C22H18N2O5. The zero-order valence-electron chi connectivity index (χ0n) is 15.9. The molecule has 0 atom stereocenters. The summed E-state index contributed by atoms with van der Waals surface area (Å²) in [6.07, 6.45) is 6.90. The summed E-state index contributed by atoms with van der Waals surface area (Å²) >= 11 is 0. The van der Waals surface area contributed by atoms with Crippen LogP contribution >= 0.6 is 0 Å². The summed E-state index contributed by atoms with van der Waals surface area (Å²) < 4.78 is 10.7. The zero-order valence-corrected chi connectivity index (χ0v) is 15.9. The van der Waals surface area contributed by atoms with Crippen LogP contribution < -0.4 is 14.5 Å². The maximum atomic E-state index is 12.9. The topological polar surface area (TPSA) is 88.4 Å². The fourth-order valence-electron chi connectivity index (χ4n) is 2.81. The maximum absolute atomic E-state index is 12.9. The van der Waals surface area contributed by atoms with Gasteiger partial charge in [-0.2, -0.15) is 10.1 Å². The molecule has 29 heavy (non-hydrogen) atoms. The molecule has 2 aromatic rings. The molecule has 2 aromatic carbocycles. The van der Waals surface area contributed by atoms with Crippen LogP contribution in [0.4, 0.5) is 5.69 Å². The van der Waals surface area contributed by atoms with Gasteiger partial charge in [0.15, 0.2) is 11.5 Å². The van der Waals surface area contributed by atoms with Gasteiger partial charge in [-0.3, -0.25) is 4.79 Å². The van der Waals surface area contributed by atoms with Crippen molar-refractivity contribution in [3.8, 4) is 23.8 Å². The number of carboxylic acid groups (broad SMARTS) is 1. The van der Waals surface area contributed by atoms with E-state index in [1.165, 1.54) is 24.3 Å². The van der Waals surface area contributed by atoms with Gasteiger partial charge in [0.1, 0.15) is 6.61 Å². The summed E-state index contributed by atoms with van der Waals surface area (Å²) in [7, 11) is 1.51. The predicted molar refractivity (Wildman–Crippen MR) is 109 cm³/mol. The number of rotatable bonds is 6. The summed E-state index contributed by atoms with van der Waals surface area (Å²) in [5.74, 6) is 1.96. The third-order valence-corrected chi connectivity index (χ3v) is 4.21. The fraction of sp³-hybridized carbons (Fsp3) is 0.136. The van der Waals surface area contributed by atoms with E-state index < -0.39 is 5.97 Å². The van der Waals surface area contributed by atoms with Crippen LogP contribution in [0.3, 0.4) is 0 Å². The number of nitrogens with zero attached hydrogens (tertiary/aromatic N) is 2. The van der Waals surface area contributed by atoms with E-state index >= 15 is 0 Å². The van der Waals surface area contributed by atoms with Gasteiger partial charge in [-0.15, -0.1) is 6.42 Å². The number of benzene rings is 2. The Bertz CT molecular complexity index is 1080. The highest BCUT2D eigenvalue weighted by Gasteiger charge is 2.29. The SMILES string of the molecule is C#CCOc1ccc(/C=C2/C(=O)N(c3cccc(C(=O)O)c3)N=C2C)cc1OC. The number of carboxylic acids is 1. The van der Waals surface area contributed by atoms with Gasteiger partial charge >= 0.3 is 5.97 Å². The lowest BCUT2D eigenvalue weighted by molar-refractivity contribution is -0.114. The second-order valence-electron chi connectivity index (χ2n) is 6.12. The lowest BCUT2D eigenvalue weighted by atomic mass is 10.1. The third-order valence-electron chi connectivity index (χ3n) is 4.21. The molecule has 146 valence electrons. The minimum Gasteiger partial charge on any atom is -0.493 e. The molecule has 1 amide bonds. The van der Waals surface area contributed by atoms with E-state index in [-0.39, 0.29) is 18.1 Å². The van der Waals surface area contributed by atoms with Gasteiger partial charge in [0.25, 0.3) is 5.91 Å². The van der Waals surface area contributed by atoms with Crippen molar-refractivity contribution in [1.82, 2.24) is 0 Å². The van der Waals surface area contributed by atoms with E-state index in [1.807, 2.05) is 0 Å². The first-order chi connectivity index (χ1) is 13.9. The molecule has 1 aliphatic heterocycles. The third kappa shape index (κ3) is 4.12. The van der Waals surface area contributed by atoms with Crippen LogP contribution in [0, 0.1) is 12.3 Å². The number of hydrazone groups is 1. The van der Waals surface area contributed by atoms with Crippen LogP contribution in [0.1, 0.15) is 22.8 Å². The van der Waals surface area contributed by atoms with Gasteiger partial charge in [-0.05, 0) is 48.9 Å². The number of carbonyl (C=O) groups excluding carboxylic acids is 1. The minimum absolute atomic E-state index is 0.0767. The van der Waals surface area contributed by atoms with Crippen LogP contribution in [0.5, 0.6) is 11.5 Å². The largest absolute Gasteiger partial charge is 0.493 e. The normalized spacial score (nSPS) is 14.5. The Morgan fingerprint density at radius 3 is 2.76 bits per heavy atom. The Balaban J connectivity index is 1.91. The van der Waals surface area contributed by atoms with Crippen LogP contribution in [-0.4, -0.2) is 36.4 Å². The standard InChI is InChI=1S/C22H18N2O5/c1-4-10-29-19-9-8-15(12-20(19)28-3)11-18-14(2)23-24(21(18)25)17-7-5-6-16(13-17)22(26)27/h1,5-9,11-13H,10H2,2-3H3,(H,26,27)/b18-11+. The first-order valence-electron chi connectivity index (χ1n) is 8.64. The number of aromatic carboxylic acids is 1. The molecule has 0 saturated heterocycles. The molecule has 7 nitrogen and oxygen atoms in total. The molecule has 7 heteroatoms. The first kappa shape index (κ1) is 19.7. The summed E-state index contributed by atoms with van der Waals surface area (Å²) in [5, 5.41) is 14.6. The molecule has 0 saturated carbocycles. The van der Waals surface area contributed by atoms with Crippen molar-refractivity contribution >= 4 is 29.4 Å². The summed E-state index contributed by atoms with van der Waals surface area (Å²) in [5.41, 5.74) is 2.09. The van der Waals surface area contributed by atoms with Gasteiger partial charge in [0.05, 0.1) is 29.6 Å². The number of carbonyl (C=O) groups is 2. The number of hydrogen-bond acceptors (Lipinski definition) is 5. The molecule has 0 radical (unpaired) electrons. The molecule has 1 heterocycles. The molecule has 0 spiro atoms. The lowest BCUT2D eigenvalue weighted by Crippen LogP contribution is -2.21. The van der Waals surface area contributed by atoms with Crippen molar-refractivity contribution in [3.05, 3.63) is 59.2 Å². The highest BCUT2D eigenvalue weighted by atomic mass is 16.5. The molecule has 3 rings (SSSR count). The molecule has 0 aromatic heterocycles. The summed E-state index contributed by atoms with van der Waals surface area (Å²) in [6.45, 7) is 1.83. The number of anilines is 1. The van der Waals surface area contributed by atoms with Crippen molar-refractivity contribution < 1.29 is 24.2 Å². The number of ether oxygens (including phenoxy) is 2. The summed E-state index contributed by atoms with van der Waals surface area (Å²) in [4.78, 5) is 24.1. The van der Waals surface area contributed by atoms with E-state index in [1.54, 1.807) is 43.3 Å². The highest BCUT2D eigenvalue weighted by molar-refractivity contribution is 6.32. The predicted octanol–water partition coefficient (Wildman–Crippen LogP) is 3.21. The fourth-order valence-corrected chi connectivity index (χ4v) is 2.81. The van der Waals surface area contributed by atoms with Crippen LogP contribution in [0.25, 0.3) is 6.08 Å². The highest BCUT2D eigenvalue weighted by Crippen LogP contribution is 2.30. The Morgan fingerprint density at radius 2 is 2.07 bits per heavy atom. The Kier molecular flexibility index (Phi) is 5.65. The lowest BCUT2D eigenvalue weighted by Gasteiger charge is -2.12. The second-order valence-corrected chi connectivity index (χ2v) is 6.12. The smallest absolute Gasteiger partial charge is 0.335 e. The monoisotopic (exact) mass is 390 g/mol. The second kappa shape index (κ2) is 8.31. The Labute approximate surface area is 167 Å². The van der Waals surface area contributed by atoms with Gasteiger partial charge in [-0.25, -0.2) is 4.79 Å². The Hall–Kier alpha value is -4.05. The van der Waals surface area contributed by atoms with Crippen molar-refractivity contribution in [1.29, 1.82) is 0 Å².